The molecule has 2 atom stereocenters. The average Bonchev–Trinajstić information content (AvgIpc) is 2.69. The summed E-state index contributed by atoms with van der Waals surface area (Å²) < 4.78 is 0. The van der Waals surface area contributed by atoms with Crippen LogP contribution in [-0.4, -0.2) is 27.9 Å². The molecule has 4 heteroatoms. The lowest BCUT2D eigenvalue weighted by Crippen LogP contribution is -2.47. The Labute approximate surface area is 94.1 Å². The maximum atomic E-state index is 12.2. The predicted molar refractivity (Wildman–Crippen MR) is 61.1 cm³/mol. The molecule has 2 rings (SSSR count). The molecule has 0 radical (unpaired) electrons. The van der Waals surface area contributed by atoms with Crippen molar-refractivity contribution in [1.82, 2.24) is 9.88 Å². The fourth-order valence-corrected chi connectivity index (χ4v) is 2.84. The van der Waals surface area contributed by atoms with Crippen molar-refractivity contribution >= 4 is 17.2 Å². The molecule has 1 aliphatic heterocycles. The number of aromatic nitrogens is 1. The van der Waals surface area contributed by atoms with Gasteiger partial charge in [-0.25, -0.2) is 4.98 Å². The number of piperidine rings is 1. The summed E-state index contributed by atoms with van der Waals surface area (Å²) in [7, 11) is 0. The van der Waals surface area contributed by atoms with Gasteiger partial charge in [0.15, 0.2) is 5.01 Å². The fourth-order valence-electron chi connectivity index (χ4n) is 2.26. The molecule has 1 aromatic rings. The van der Waals surface area contributed by atoms with Crippen LogP contribution in [0, 0.1) is 0 Å². The van der Waals surface area contributed by atoms with E-state index >= 15 is 0 Å². The van der Waals surface area contributed by atoms with Gasteiger partial charge in [-0.05, 0) is 33.1 Å². The summed E-state index contributed by atoms with van der Waals surface area (Å²) >= 11 is 1.43. The number of carbonyl (C=O) groups is 1. The van der Waals surface area contributed by atoms with E-state index in [1.54, 1.807) is 6.20 Å². The summed E-state index contributed by atoms with van der Waals surface area (Å²) in [6.07, 6.45) is 5.14. The lowest BCUT2D eigenvalue weighted by molar-refractivity contribution is 0.0510. The molecule has 1 aliphatic rings. The first kappa shape index (κ1) is 10.6. The zero-order valence-corrected chi connectivity index (χ0v) is 9.96. The van der Waals surface area contributed by atoms with Crippen molar-refractivity contribution in [2.75, 3.05) is 0 Å². The molecular weight excluding hydrogens is 208 g/mol. The van der Waals surface area contributed by atoms with Gasteiger partial charge in [0, 0.05) is 23.7 Å². The van der Waals surface area contributed by atoms with Crippen molar-refractivity contribution in [3.63, 3.8) is 0 Å². The number of likely N-dealkylation sites (tertiary alicyclic amines) is 1. The third-order valence-electron chi connectivity index (χ3n) is 3.04. The second-order valence-corrected chi connectivity index (χ2v) is 5.07. The van der Waals surface area contributed by atoms with Crippen molar-refractivity contribution in [2.24, 2.45) is 0 Å². The molecule has 0 N–H and O–H groups in total. The zero-order valence-electron chi connectivity index (χ0n) is 9.14. The number of carbonyl (C=O) groups excluding carboxylic acids is 1. The molecule has 1 saturated heterocycles. The van der Waals surface area contributed by atoms with Crippen LogP contribution in [0.15, 0.2) is 11.6 Å². The minimum absolute atomic E-state index is 0.102. The number of amides is 1. The van der Waals surface area contributed by atoms with E-state index < -0.39 is 0 Å². The van der Waals surface area contributed by atoms with Crippen LogP contribution in [0.25, 0.3) is 0 Å². The molecule has 82 valence electrons. The van der Waals surface area contributed by atoms with Crippen LogP contribution in [0.1, 0.15) is 42.9 Å². The van der Waals surface area contributed by atoms with Crippen molar-refractivity contribution in [3.8, 4) is 0 Å². The summed E-state index contributed by atoms with van der Waals surface area (Å²) in [6, 6.07) is 0.704. The maximum absolute atomic E-state index is 12.2. The van der Waals surface area contributed by atoms with Gasteiger partial charge < -0.3 is 4.90 Å². The van der Waals surface area contributed by atoms with Crippen LogP contribution in [0.2, 0.25) is 0 Å². The van der Waals surface area contributed by atoms with E-state index in [-0.39, 0.29) is 5.91 Å². The highest BCUT2D eigenvalue weighted by Gasteiger charge is 2.30. The summed E-state index contributed by atoms with van der Waals surface area (Å²) in [6.45, 7) is 4.25. The third-order valence-corrected chi connectivity index (χ3v) is 3.80. The van der Waals surface area contributed by atoms with E-state index in [0.29, 0.717) is 17.1 Å². The van der Waals surface area contributed by atoms with Crippen LogP contribution in [0.5, 0.6) is 0 Å². The summed E-state index contributed by atoms with van der Waals surface area (Å²) in [5.41, 5.74) is 0. The number of hydrogen-bond donors (Lipinski definition) is 0. The van der Waals surface area contributed by atoms with Crippen molar-refractivity contribution in [3.05, 3.63) is 16.6 Å². The number of rotatable bonds is 1. The molecule has 0 saturated carbocycles. The Morgan fingerprint density at radius 2 is 2.13 bits per heavy atom. The predicted octanol–water partition coefficient (Wildman–Crippen LogP) is 2.55. The van der Waals surface area contributed by atoms with Gasteiger partial charge in [0.05, 0.1) is 0 Å². The van der Waals surface area contributed by atoms with Gasteiger partial charge in [0.1, 0.15) is 0 Å². The quantitative estimate of drug-likeness (QED) is 0.734. The van der Waals surface area contributed by atoms with Crippen molar-refractivity contribution in [2.45, 2.75) is 45.2 Å². The van der Waals surface area contributed by atoms with E-state index in [0.717, 1.165) is 12.8 Å². The van der Waals surface area contributed by atoms with Gasteiger partial charge >= 0.3 is 0 Å². The van der Waals surface area contributed by atoms with Crippen LogP contribution in [-0.2, 0) is 0 Å². The molecule has 0 bridgehead atoms. The van der Waals surface area contributed by atoms with Crippen LogP contribution < -0.4 is 0 Å². The SMILES string of the molecule is CC1CCCC(C)N1C(=O)c1nccs1. The molecule has 1 amide bonds. The number of hydrogen-bond acceptors (Lipinski definition) is 3. The minimum atomic E-state index is 0.102. The van der Waals surface area contributed by atoms with Gasteiger partial charge in [-0.1, -0.05) is 0 Å². The molecule has 0 spiro atoms. The number of nitrogens with zero attached hydrogens (tertiary/aromatic N) is 2. The van der Waals surface area contributed by atoms with Gasteiger partial charge in [-0.2, -0.15) is 0 Å². The third kappa shape index (κ3) is 2.04. The Morgan fingerprint density at radius 1 is 1.47 bits per heavy atom. The molecule has 2 unspecified atom stereocenters. The smallest absolute Gasteiger partial charge is 0.283 e. The van der Waals surface area contributed by atoms with Crippen molar-refractivity contribution < 1.29 is 4.79 Å². The van der Waals surface area contributed by atoms with E-state index in [1.165, 1.54) is 17.8 Å². The van der Waals surface area contributed by atoms with Gasteiger partial charge in [0.25, 0.3) is 5.91 Å². The van der Waals surface area contributed by atoms with E-state index in [9.17, 15) is 4.79 Å². The monoisotopic (exact) mass is 224 g/mol. The van der Waals surface area contributed by atoms with Gasteiger partial charge in [-0.3, -0.25) is 4.79 Å². The minimum Gasteiger partial charge on any atom is -0.331 e. The average molecular weight is 224 g/mol. The van der Waals surface area contributed by atoms with Crippen molar-refractivity contribution in [1.29, 1.82) is 0 Å². The molecule has 3 nitrogen and oxygen atoms in total. The van der Waals surface area contributed by atoms with E-state index in [4.69, 9.17) is 0 Å². The molecular formula is C11H16N2OS. The molecule has 0 aromatic carbocycles. The van der Waals surface area contributed by atoms with Crippen LogP contribution >= 0.6 is 11.3 Å². The Balaban J connectivity index is 2.17. The Kier molecular flexibility index (Phi) is 3.05. The first-order valence-corrected chi connectivity index (χ1v) is 6.30. The van der Waals surface area contributed by atoms with E-state index in [2.05, 4.69) is 18.8 Å². The highest BCUT2D eigenvalue weighted by molar-refractivity contribution is 7.11. The molecule has 2 heterocycles. The van der Waals surface area contributed by atoms with Crippen LogP contribution in [0.3, 0.4) is 0 Å². The summed E-state index contributed by atoms with van der Waals surface area (Å²) in [5, 5.41) is 2.47. The van der Waals surface area contributed by atoms with Crippen LogP contribution in [0.4, 0.5) is 0 Å². The molecule has 0 aliphatic carbocycles. The fraction of sp³-hybridized carbons (Fsp3) is 0.636. The zero-order chi connectivity index (χ0) is 10.8. The maximum Gasteiger partial charge on any atom is 0.283 e. The summed E-state index contributed by atoms with van der Waals surface area (Å²) in [4.78, 5) is 18.2. The highest BCUT2D eigenvalue weighted by Crippen LogP contribution is 2.24. The largest absolute Gasteiger partial charge is 0.331 e. The molecule has 1 fully saturated rings. The van der Waals surface area contributed by atoms with Gasteiger partial charge in [0.2, 0.25) is 0 Å². The first-order chi connectivity index (χ1) is 7.20. The second-order valence-electron chi connectivity index (χ2n) is 4.18. The van der Waals surface area contributed by atoms with Gasteiger partial charge in [-0.15, -0.1) is 11.3 Å². The lowest BCUT2D eigenvalue weighted by Gasteiger charge is -2.38. The normalized spacial score (nSPS) is 26.7. The Hall–Kier alpha value is -0.900. The van der Waals surface area contributed by atoms with E-state index in [1.807, 2.05) is 10.3 Å². The molecule has 15 heavy (non-hydrogen) atoms. The first-order valence-electron chi connectivity index (χ1n) is 5.42. The standard InChI is InChI=1S/C11H16N2OS/c1-8-4-3-5-9(2)13(8)11(14)10-12-6-7-15-10/h6-9H,3-5H2,1-2H3. The molecule has 1 aromatic heterocycles. The summed E-state index contributed by atoms with van der Waals surface area (Å²) in [5.74, 6) is 0.102. The Morgan fingerprint density at radius 3 is 2.67 bits per heavy atom. The number of thiazole rings is 1. The Bertz CT molecular complexity index is 326. The second kappa shape index (κ2) is 4.31. The highest BCUT2D eigenvalue weighted by atomic mass is 32.1. The lowest BCUT2D eigenvalue weighted by atomic mass is 9.97. The topological polar surface area (TPSA) is 33.2 Å².